The number of rotatable bonds is 4. The van der Waals surface area contributed by atoms with Crippen molar-refractivity contribution in [2.45, 2.75) is 24.1 Å². The number of nitrogens with two attached hydrogens (primary N) is 1. The third kappa shape index (κ3) is 2.53. The van der Waals surface area contributed by atoms with Gasteiger partial charge in [0.2, 0.25) is 0 Å². The highest BCUT2D eigenvalue weighted by atomic mass is 32.2. The summed E-state index contributed by atoms with van der Waals surface area (Å²) < 4.78 is 5.16. The van der Waals surface area contributed by atoms with Crippen LogP contribution in [-0.2, 0) is 0 Å². The predicted molar refractivity (Wildman–Crippen MR) is 74.9 cm³/mol. The normalized spacial score (nSPS) is 28.1. The van der Waals surface area contributed by atoms with Crippen LogP contribution in [0.2, 0.25) is 0 Å². The van der Waals surface area contributed by atoms with E-state index in [1.54, 1.807) is 7.11 Å². The molecule has 2 atom stereocenters. The van der Waals surface area contributed by atoms with Crippen molar-refractivity contribution < 1.29 is 4.74 Å². The van der Waals surface area contributed by atoms with Gasteiger partial charge in [-0.1, -0.05) is 6.92 Å². The lowest BCUT2D eigenvalue weighted by Crippen LogP contribution is -2.49. The lowest BCUT2D eigenvalue weighted by molar-refractivity contribution is 0.414. The van der Waals surface area contributed by atoms with E-state index in [9.17, 15) is 0 Å². The van der Waals surface area contributed by atoms with Crippen molar-refractivity contribution in [3.8, 4) is 5.75 Å². The van der Waals surface area contributed by atoms with Crippen LogP contribution in [0, 0.1) is 0 Å². The second kappa shape index (κ2) is 5.19. The van der Waals surface area contributed by atoms with Crippen LogP contribution in [0.15, 0.2) is 24.3 Å². The number of anilines is 1. The molecule has 1 aromatic carbocycles. The Bertz CT molecular complexity index is 368. The summed E-state index contributed by atoms with van der Waals surface area (Å²) in [6.45, 7) is 2.92. The predicted octanol–water partition coefficient (Wildman–Crippen LogP) is 2.33. The van der Waals surface area contributed by atoms with Gasteiger partial charge in [-0.2, -0.15) is 11.8 Å². The zero-order valence-electron chi connectivity index (χ0n) is 10.4. The van der Waals surface area contributed by atoms with Crippen LogP contribution in [0.3, 0.4) is 0 Å². The topological polar surface area (TPSA) is 47.3 Å². The molecule has 0 bridgehead atoms. The van der Waals surface area contributed by atoms with E-state index < -0.39 is 0 Å². The molecule has 3 nitrogen and oxygen atoms in total. The molecule has 1 saturated heterocycles. The molecule has 0 spiro atoms. The molecule has 2 unspecified atom stereocenters. The first-order valence-corrected chi connectivity index (χ1v) is 6.99. The van der Waals surface area contributed by atoms with Crippen LogP contribution in [0.4, 0.5) is 5.69 Å². The monoisotopic (exact) mass is 252 g/mol. The number of benzene rings is 1. The molecule has 1 aromatic rings. The van der Waals surface area contributed by atoms with E-state index in [1.165, 1.54) is 5.75 Å². The van der Waals surface area contributed by atoms with Gasteiger partial charge in [0.15, 0.2) is 0 Å². The van der Waals surface area contributed by atoms with Gasteiger partial charge in [-0.3, -0.25) is 0 Å². The van der Waals surface area contributed by atoms with Gasteiger partial charge >= 0.3 is 0 Å². The van der Waals surface area contributed by atoms with Crippen LogP contribution >= 0.6 is 11.8 Å². The maximum absolute atomic E-state index is 5.96. The fraction of sp³-hybridized carbons (Fsp3) is 0.538. The maximum atomic E-state index is 5.96. The standard InChI is InChI=1S/C13H20N2OS/c1-10-13(9-14,7-8-17-10)15-11-3-5-12(16-2)6-4-11/h3-6,10,15H,7-9,14H2,1-2H3. The summed E-state index contributed by atoms with van der Waals surface area (Å²) in [6.07, 6.45) is 1.13. The van der Waals surface area contributed by atoms with Gasteiger partial charge in [-0.05, 0) is 36.4 Å². The molecule has 17 heavy (non-hydrogen) atoms. The Hall–Kier alpha value is -0.870. The van der Waals surface area contributed by atoms with Crippen LogP contribution in [0.5, 0.6) is 5.75 Å². The first kappa shape index (κ1) is 12.6. The second-order valence-electron chi connectivity index (χ2n) is 4.48. The molecular weight excluding hydrogens is 232 g/mol. The van der Waals surface area contributed by atoms with Gasteiger partial charge in [0.1, 0.15) is 5.75 Å². The molecule has 94 valence electrons. The van der Waals surface area contributed by atoms with Gasteiger partial charge in [-0.15, -0.1) is 0 Å². The first-order valence-electron chi connectivity index (χ1n) is 5.94. The van der Waals surface area contributed by atoms with E-state index in [0.717, 1.165) is 17.9 Å². The lowest BCUT2D eigenvalue weighted by Gasteiger charge is -2.34. The van der Waals surface area contributed by atoms with E-state index in [0.29, 0.717) is 11.8 Å². The summed E-state index contributed by atoms with van der Waals surface area (Å²) >= 11 is 1.99. The summed E-state index contributed by atoms with van der Waals surface area (Å²) in [5, 5.41) is 4.15. The number of nitrogens with one attached hydrogen (secondary N) is 1. The van der Waals surface area contributed by atoms with E-state index >= 15 is 0 Å². The van der Waals surface area contributed by atoms with Crippen molar-refractivity contribution in [1.82, 2.24) is 0 Å². The highest BCUT2D eigenvalue weighted by molar-refractivity contribution is 8.00. The average molecular weight is 252 g/mol. The summed E-state index contributed by atoms with van der Waals surface area (Å²) in [5.41, 5.74) is 7.12. The van der Waals surface area contributed by atoms with Crippen LogP contribution in [0.25, 0.3) is 0 Å². The fourth-order valence-electron chi connectivity index (χ4n) is 2.23. The summed E-state index contributed by atoms with van der Waals surface area (Å²) in [7, 11) is 1.68. The molecule has 2 rings (SSSR count). The van der Waals surface area contributed by atoms with Crippen LogP contribution in [-0.4, -0.2) is 30.2 Å². The molecule has 0 amide bonds. The Morgan fingerprint density at radius 3 is 2.65 bits per heavy atom. The lowest BCUT2D eigenvalue weighted by atomic mass is 9.92. The zero-order chi connectivity index (χ0) is 12.3. The van der Waals surface area contributed by atoms with Gasteiger partial charge in [-0.25, -0.2) is 0 Å². The Balaban J connectivity index is 2.12. The van der Waals surface area contributed by atoms with Crippen LogP contribution in [0.1, 0.15) is 13.3 Å². The third-order valence-corrected chi connectivity index (χ3v) is 4.93. The number of thioether (sulfide) groups is 1. The molecule has 1 aliphatic rings. The Kier molecular flexibility index (Phi) is 3.84. The summed E-state index contributed by atoms with van der Waals surface area (Å²) in [5.74, 6) is 2.06. The number of methoxy groups -OCH3 is 1. The van der Waals surface area contributed by atoms with Gasteiger partial charge in [0.25, 0.3) is 0 Å². The van der Waals surface area contributed by atoms with Gasteiger partial charge in [0.05, 0.1) is 12.6 Å². The van der Waals surface area contributed by atoms with E-state index in [2.05, 4.69) is 12.2 Å². The van der Waals surface area contributed by atoms with Gasteiger partial charge < -0.3 is 15.8 Å². The minimum atomic E-state index is 0.0409. The minimum Gasteiger partial charge on any atom is -0.497 e. The van der Waals surface area contributed by atoms with Crippen molar-refractivity contribution in [2.75, 3.05) is 24.7 Å². The molecule has 1 aliphatic heterocycles. The number of ether oxygens (including phenoxy) is 1. The SMILES string of the molecule is COc1ccc(NC2(CN)CCSC2C)cc1. The Morgan fingerprint density at radius 2 is 2.18 bits per heavy atom. The zero-order valence-corrected chi connectivity index (χ0v) is 11.2. The minimum absolute atomic E-state index is 0.0409. The average Bonchev–Trinajstić information content (AvgIpc) is 2.72. The van der Waals surface area contributed by atoms with Crippen LogP contribution < -0.4 is 15.8 Å². The quantitative estimate of drug-likeness (QED) is 0.863. The molecule has 1 heterocycles. The highest BCUT2D eigenvalue weighted by Crippen LogP contribution is 2.37. The first-order chi connectivity index (χ1) is 8.20. The maximum Gasteiger partial charge on any atom is 0.119 e. The van der Waals surface area contributed by atoms with E-state index in [1.807, 2.05) is 36.0 Å². The molecule has 0 aromatic heterocycles. The van der Waals surface area contributed by atoms with Crippen molar-refractivity contribution in [3.05, 3.63) is 24.3 Å². The number of hydrogen-bond acceptors (Lipinski definition) is 4. The molecule has 0 radical (unpaired) electrons. The number of hydrogen-bond donors (Lipinski definition) is 2. The van der Waals surface area contributed by atoms with Gasteiger partial charge in [0, 0.05) is 17.5 Å². The van der Waals surface area contributed by atoms with Crippen molar-refractivity contribution in [3.63, 3.8) is 0 Å². The van der Waals surface area contributed by atoms with Crippen molar-refractivity contribution in [2.24, 2.45) is 5.73 Å². The van der Waals surface area contributed by atoms with E-state index in [-0.39, 0.29) is 5.54 Å². The molecule has 3 N–H and O–H groups in total. The van der Waals surface area contributed by atoms with E-state index in [4.69, 9.17) is 10.5 Å². The molecule has 0 saturated carbocycles. The Morgan fingerprint density at radius 1 is 1.47 bits per heavy atom. The molecule has 0 aliphatic carbocycles. The fourth-order valence-corrected chi connectivity index (χ4v) is 3.65. The third-order valence-electron chi connectivity index (χ3n) is 3.54. The molecular formula is C13H20N2OS. The smallest absolute Gasteiger partial charge is 0.119 e. The largest absolute Gasteiger partial charge is 0.497 e. The van der Waals surface area contributed by atoms with Crippen molar-refractivity contribution >= 4 is 17.4 Å². The second-order valence-corrected chi connectivity index (χ2v) is 5.93. The highest BCUT2D eigenvalue weighted by Gasteiger charge is 2.39. The molecule has 1 fully saturated rings. The molecule has 4 heteroatoms. The Labute approximate surface area is 107 Å². The summed E-state index contributed by atoms with van der Waals surface area (Å²) in [4.78, 5) is 0. The summed E-state index contributed by atoms with van der Waals surface area (Å²) in [6, 6.07) is 8.04. The van der Waals surface area contributed by atoms with Crippen molar-refractivity contribution in [1.29, 1.82) is 0 Å².